The number of fused-ring (bicyclic) bond motifs is 1. The van der Waals surface area contributed by atoms with Crippen LogP contribution in [0.3, 0.4) is 0 Å². The summed E-state index contributed by atoms with van der Waals surface area (Å²) in [5.74, 6) is -1.12. The van der Waals surface area contributed by atoms with E-state index in [1.165, 1.54) is 16.7 Å². The van der Waals surface area contributed by atoms with E-state index in [1.54, 1.807) is 6.07 Å². The number of rotatable bonds is 1. The molecule has 0 atom stereocenters. The van der Waals surface area contributed by atoms with Crippen LogP contribution in [0.1, 0.15) is 0 Å². The van der Waals surface area contributed by atoms with Crippen LogP contribution < -0.4 is 5.69 Å². The number of pyridine rings is 1. The predicted molar refractivity (Wildman–Crippen MR) is 72.4 cm³/mol. The maximum Gasteiger partial charge on any atom is 0.355 e. The highest BCUT2D eigenvalue weighted by Crippen LogP contribution is 2.27. The summed E-state index contributed by atoms with van der Waals surface area (Å²) >= 11 is 11.4. The minimum atomic E-state index is -0.774. The molecule has 0 amide bonds. The van der Waals surface area contributed by atoms with Crippen molar-refractivity contribution in [1.82, 2.24) is 14.2 Å². The van der Waals surface area contributed by atoms with Gasteiger partial charge in [-0.05, 0) is 18.2 Å². The minimum Gasteiger partial charge on any atom is -0.506 e. The Labute approximate surface area is 121 Å². The van der Waals surface area contributed by atoms with Crippen LogP contribution in [-0.4, -0.2) is 19.3 Å². The zero-order valence-electron chi connectivity index (χ0n) is 9.72. The van der Waals surface area contributed by atoms with Crippen molar-refractivity contribution in [3.8, 4) is 11.4 Å². The van der Waals surface area contributed by atoms with Crippen molar-refractivity contribution in [2.75, 3.05) is 0 Å². The average molecular weight is 314 g/mol. The van der Waals surface area contributed by atoms with Crippen LogP contribution in [0, 0.1) is 5.82 Å². The monoisotopic (exact) mass is 313 g/mol. The first kappa shape index (κ1) is 13.0. The zero-order chi connectivity index (χ0) is 14.4. The molecule has 0 saturated heterocycles. The molecule has 0 spiro atoms. The van der Waals surface area contributed by atoms with Crippen LogP contribution in [0.2, 0.25) is 10.0 Å². The molecule has 2 aromatic heterocycles. The van der Waals surface area contributed by atoms with Gasteiger partial charge in [0.25, 0.3) is 0 Å². The van der Waals surface area contributed by atoms with Gasteiger partial charge in [-0.25, -0.2) is 13.6 Å². The highest BCUT2D eigenvalue weighted by molar-refractivity contribution is 6.32. The molecule has 0 aliphatic heterocycles. The summed E-state index contributed by atoms with van der Waals surface area (Å²) in [5.41, 5.74) is -0.506. The quantitative estimate of drug-likeness (QED) is 0.751. The fraction of sp³-hybridized carbons (Fsp3) is 0. The molecule has 0 fully saturated rings. The second-order valence-electron chi connectivity index (χ2n) is 4.02. The second-order valence-corrected chi connectivity index (χ2v) is 4.87. The smallest absolute Gasteiger partial charge is 0.355 e. The molecule has 102 valence electrons. The van der Waals surface area contributed by atoms with Gasteiger partial charge in [0.1, 0.15) is 11.4 Å². The molecule has 3 rings (SSSR count). The summed E-state index contributed by atoms with van der Waals surface area (Å²) in [4.78, 5) is 12.2. The van der Waals surface area contributed by atoms with E-state index >= 15 is 0 Å². The molecule has 20 heavy (non-hydrogen) atoms. The van der Waals surface area contributed by atoms with Crippen LogP contribution in [0.15, 0.2) is 35.3 Å². The number of aromatic nitrogens is 3. The van der Waals surface area contributed by atoms with E-state index in [-0.39, 0.29) is 16.5 Å². The molecule has 0 aliphatic carbocycles. The normalized spacial score (nSPS) is 11.2. The van der Waals surface area contributed by atoms with Crippen molar-refractivity contribution in [1.29, 1.82) is 0 Å². The second kappa shape index (κ2) is 4.50. The van der Waals surface area contributed by atoms with E-state index in [9.17, 15) is 14.3 Å². The molecule has 0 unspecified atom stereocenters. The molecule has 0 radical (unpaired) electrons. The molecule has 3 aromatic rings. The van der Waals surface area contributed by atoms with Gasteiger partial charge in [0.2, 0.25) is 0 Å². The van der Waals surface area contributed by atoms with Crippen molar-refractivity contribution in [2.24, 2.45) is 0 Å². The first-order valence-electron chi connectivity index (χ1n) is 5.42. The van der Waals surface area contributed by atoms with E-state index in [0.29, 0.717) is 10.7 Å². The number of aromatic hydroxyl groups is 1. The third-order valence-corrected chi connectivity index (χ3v) is 3.25. The van der Waals surface area contributed by atoms with Crippen LogP contribution in [-0.2, 0) is 0 Å². The van der Waals surface area contributed by atoms with Gasteiger partial charge in [0.15, 0.2) is 11.5 Å². The predicted octanol–water partition coefficient (Wildman–Crippen LogP) is 2.64. The van der Waals surface area contributed by atoms with E-state index in [1.807, 2.05) is 0 Å². The number of halogens is 3. The Balaban J connectivity index is 2.33. The van der Waals surface area contributed by atoms with Crippen LogP contribution >= 0.6 is 23.2 Å². The number of nitrogens with zero attached hydrogens (tertiary/aromatic N) is 3. The standard InChI is InChI=1S/C12H6Cl2FN3O2/c13-6-1-2-11-16-18(12(20)17(11)5-6)9-4-10(19)7(14)3-8(9)15/h1-5,19H. The van der Waals surface area contributed by atoms with Gasteiger partial charge in [-0.1, -0.05) is 23.2 Å². The van der Waals surface area contributed by atoms with Crippen LogP contribution in [0.25, 0.3) is 11.3 Å². The Morgan fingerprint density at radius 3 is 2.75 bits per heavy atom. The molecule has 8 heteroatoms. The summed E-state index contributed by atoms with van der Waals surface area (Å²) in [5, 5.41) is 13.7. The molecule has 0 aliphatic rings. The van der Waals surface area contributed by atoms with E-state index in [0.717, 1.165) is 16.8 Å². The Morgan fingerprint density at radius 1 is 1.25 bits per heavy atom. The Bertz CT molecular complexity index is 888. The molecule has 0 bridgehead atoms. The van der Waals surface area contributed by atoms with Crippen molar-refractivity contribution in [3.63, 3.8) is 0 Å². The van der Waals surface area contributed by atoms with Gasteiger partial charge >= 0.3 is 5.69 Å². The Hall–Kier alpha value is -2.05. The lowest BCUT2D eigenvalue weighted by Crippen LogP contribution is -2.20. The topological polar surface area (TPSA) is 59.5 Å². The first-order valence-corrected chi connectivity index (χ1v) is 6.18. The largest absolute Gasteiger partial charge is 0.506 e. The summed E-state index contributed by atoms with van der Waals surface area (Å²) in [6, 6.07) is 5.03. The van der Waals surface area contributed by atoms with Gasteiger partial charge in [-0.2, -0.15) is 4.68 Å². The summed E-state index contributed by atoms with van der Waals surface area (Å²) < 4.78 is 15.9. The van der Waals surface area contributed by atoms with Gasteiger partial charge in [-0.3, -0.25) is 0 Å². The fourth-order valence-electron chi connectivity index (χ4n) is 1.79. The number of hydrogen-bond acceptors (Lipinski definition) is 3. The van der Waals surface area contributed by atoms with Crippen molar-refractivity contribution < 1.29 is 9.50 Å². The number of phenolic OH excluding ortho intramolecular Hbond substituents is 1. The number of hydrogen-bond donors (Lipinski definition) is 1. The van der Waals surface area contributed by atoms with Gasteiger partial charge in [0, 0.05) is 12.3 Å². The first-order chi connectivity index (χ1) is 9.47. The van der Waals surface area contributed by atoms with Crippen LogP contribution in [0.4, 0.5) is 4.39 Å². The lowest BCUT2D eigenvalue weighted by Gasteiger charge is -2.03. The van der Waals surface area contributed by atoms with Gasteiger partial charge < -0.3 is 5.11 Å². The summed E-state index contributed by atoms with van der Waals surface area (Å²) in [6.07, 6.45) is 1.37. The molecule has 0 saturated carbocycles. The molecule has 2 heterocycles. The Kier molecular flexibility index (Phi) is 2.92. The van der Waals surface area contributed by atoms with Crippen molar-refractivity contribution in [2.45, 2.75) is 0 Å². The lowest BCUT2D eigenvalue weighted by molar-refractivity contribution is 0.472. The van der Waals surface area contributed by atoms with Crippen molar-refractivity contribution in [3.05, 3.63) is 56.8 Å². The van der Waals surface area contributed by atoms with Crippen molar-refractivity contribution >= 4 is 28.8 Å². The van der Waals surface area contributed by atoms with Gasteiger partial charge in [-0.15, -0.1) is 5.10 Å². The summed E-state index contributed by atoms with van der Waals surface area (Å²) in [7, 11) is 0. The third-order valence-electron chi connectivity index (χ3n) is 2.73. The maximum atomic E-state index is 13.9. The molecular weight excluding hydrogens is 308 g/mol. The number of phenols is 1. The zero-order valence-corrected chi connectivity index (χ0v) is 11.2. The maximum absolute atomic E-state index is 13.9. The SMILES string of the molecule is O=c1n(-c2cc(O)c(Cl)cc2F)nc2ccc(Cl)cn12. The fourth-order valence-corrected chi connectivity index (χ4v) is 2.11. The van der Waals surface area contributed by atoms with Gasteiger partial charge in [0.05, 0.1) is 10.0 Å². The van der Waals surface area contributed by atoms with Crippen LogP contribution in [0.5, 0.6) is 5.75 Å². The molecular formula is C12H6Cl2FN3O2. The third kappa shape index (κ3) is 1.93. The summed E-state index contributed by atoms with van der Waals surface area (Å²) in [6.45, 7) is 0. The molecule has 1 N–H and O–H groups in total. The van der Waals surface area contributed by atoms with E-state index in [4.69, 9.17) is 23.2 Å². The molecule has 5 nitrogen and oxygen atoms in total. The highest BCUT2D eigenvalue weighted by Gasteiger charge is 2.15. The average Bonchev–Trinajstić information content (AvgIpc) is 2.71. The van der Waals surface area contributed by atoms with E-state index < -0.39 is 11.5 Å². The minimum absolute atomic E-state index is 0.147. The van der Waals surface area contributed by atoms with E-state index in [2.05, 4.69) is 5.10 Å². The highest BCUT2D eigenvalue weighted by atomic mass is 35.5. The molecule has 1 aromatic carbocycles. The lowest BCUT2D eigenvalue weighted by atomic mass is 10.3. The Morgan fingerprint density at radius 2 is 2.00 bits per heavy atom. The number of benzene rings is 1.